The number of hydrogen-bond donors (Lipinski definition) is 3. The van der Waals surface area contributed by atoms with Crippen LogP contribution in [0.5, 0.6) is 0 Å². The third-order valence-corrected chi connectivity index (χ3v) is 3.06. The topological polar surface area (TPSA) is 109 Å². The van der Waals surface area contributed by atoms with Crippen molar-refractivity contribution in [3.05, 3.63) is 23.7 Å². The number of rotatable bonds is 8. The van der Waals surface area contributed by atoms with Crippen LogP contribution in [0.3, 0.4) is 0 Å². The average molecular weight is 310 g/mol. The molecule has 22 heavy (non-hydrogen) atoms. The summed E-state index contributed by atoms with van der Waals surface area (Å²) in [6.07, 6.45) is 2.31. The molecule has 0 unspecified atom stereocenters. The van der Waals surface area contributed by atoms with E-state index in [4.69, 9.17) is 9.52 Å². The lowest BCUT2D eigenvalue weighted by molar-refractivity contribution is -0.142. The lowest BCUT2D eigenvalue weighted by Crippen LogP contribution is -2.46. The predicted octanol–water partition coefficient (Wildman–Crippen LogP) is 1.19. The molecule has 1 aromatic heterocycles. The molecule has 0 aromatic carbocycles. The number of amides is 2. The first-order valence-corrected chi connectivity index (χ1v) is 7.21. The Kier molecular flexibility index (Phi) is 6.62. The van der Waals surface area contributed by atoms with Gasteiger partial charge in [0.25, 0.3) is 5.91 Å². The fourth-order valence-corrected chi connectivity index (χ4v) is 2.01. The summed E-state index contributed by atoms with van der Waals surface area (Å²) in [5.41, 5.74) is 0.382. The molecule has 0 saturated carbocycles. The molecule has 1 atom stereocenters. The number of furan rings is 1. The van der Waals surface area contributed by atoms with Crippen molar-refractivity contribution >= 4 is 17.8 Å². The van der Waals surface area contributed by atoms with Gasteiger partial charge in [0.1, 0.15) is 11.8 Å². The Labute approximate surface area is 129 Å². The fourth-order valence-electron chi connectivity index (χ4n) is 2.01. The van der Waals surface area contributed by atoms with Gasteiger partial charge in [-0.3, -0.25) is 9.59 Å². The maximum atomic E-state index is 11.9. The Morgan fingerprint density at radius 3 is 2.55 bits per heavy atom. The molecule has 1 heterocycles. The van der Waals surface area contributed by atoms with E-state index in [0.29, 0.717) is 24.2 Å². The number of carboxylic acids is 1. The molecule has 7 nitrogen and oxygen atoms in total. The number of aliphatic carboxylic acids is 1. The third-order valence-electron chi connectivity index (χ3n) is 3.06. The molecular formula is C15H22N2O5. The van der Waals surface area contributed by atoms with Gasteiger partial charge in [-0.1, -0.05) is 20.8 Å². The number of hydrogen-bond acceptors (Lipinski definition) is 4. The van der Waals surface area contributed by atoms with Gasteiger partial charge in [0.15, 0.2) is 0 Å². The van der Waals surface area contributed by atoms with Crippen molar-refractivity contribution in [1.82, 2.24) is 10.6 Å². The lowest BCUT2D eigenvalue weighted by Gasteiger charge is -2.16. The summed E-state index contributed by atoms with van der Waals surface area (Å²) < 4.78 is 5.14. The first-order valence-electron chi connectivity index (χ1n) is 7.21. The van der Waals surface area contributed by atoms with Crippen molar-refractivity contribution < 1.29 is 23.9 Å². The Balaban J connectivity index is 2.51. The van der Waals surface area contributed by atoms with Crippen LogP contribution in [0.15, 0.2) is 16.7 Å². The molecule has 0 bridgehead atoms. The summed E-state index contributed by atoms with van der Waals surface area (Å²) in [5, 5.41) is 13.9. The molecule has 0 radical (unpaired) electrons. The van der Waals surface area contributed by atoms with Gasteiger partial charge >= 0.3 is 5.97 Å². The number of aryl methyl sites for hydroxylation is 1. The minimum Gasteiger partial charge on any atom is -0.480 e. The zero-order chi connectivity index (χ0) is 16.7. The molecule has 3 N–H and O–H groups in total. The number of carboxylic acid groups (broad SMARTS) is 1. The maximum Gasteiger partial charge on any atom is 0.326 e. The number of carbonyl (C=O) groups excluding carboxylic acids is 2. The van der Waals surface area contributed by atoms with Gasteiger partial charge in [-0.2, -0.15) is 0 Å². The zero-order valence-corrected chi connectivity index (χ0v) is 13.0. The number of nitrogens with one attached hydrogen (secondary N) is 2. The van der Waals surface area contributed by atoms with Gasteiger partial charge < -0.3 is 20.2 Å². The van der Waals surface area contributed by atoms with E-state index in [1.807, 2.05) is 20.8 Å². The predicted molar refractivity (Wildman–Crippen MR) is 79.4 cm³/mol. The summed E-state index contributed by atoms with van der Waals surface area (Å²) in [6.45, 7) is 5.31. The van der Waals surface area contributed by atoms with E-state index in [-0.39, 0.29) is 12.5 Å². The third kappa shape index (κ3) is 5.23. The summed E-state index contributed by atoms with van der Waals surface area (Å²) in [6, 6.07) is 0.578. The fraction of sp³-hybridized carbons (Fsp3) is 0.533. The molecule has 0 fully saturated rings. The van der Waals surface area contributed by atoms with Gasteiger partial charge in [-0.15, -0.1) is 0 Å². The largest absolute Gasteiger partial charge is 0.480 e. The highest BCUT2D eigenvalue weighted by atomic mass is 16.4. The Hall–Kier alpha value is -2.31. The van der Waals surface area contributed by atoms with Gasteiger partial charge in [0, 0.05) is 6.42 Å². The van der Waals surface area contributed by atoms with Crippen LogP contribution in [0.2, 0.25) is 0 Å². The summed E-state index contributed by atoms with van der Waals surface area (Å²) in [7, 11) is 0. The molecule has 0 aliphatic carbocycles. The van der Waals surface area contributed by atoms with E-state index in [2.05, 4.69) is 10.6 Å². The molecule has 0 aliphatic heterocycles. The van der Waals surface area contributed by atoms with E-state index in [1.165, 1.54) is 12.3 Å². The average Bonchev–Trinajstić information content (AvgIpc) is 2.91. The van der Waals surface area contributed by atoms with Gasteiger partial charge in [-0.25, -0.2) is 4.79 Å². The molecule has 0 saturated heterocycles. The molecule has 0 spiro atoms. The maximum absolute atomic E-state index is 11.9. The first-order chi connectivity index (χ1) is 10.3. The van der Waals surface area contributed by atoms with Crippen molar-refractivity contribution in [2.24, 2.45) is 5.92 Å². The highest BCUT2D eigenvalue weighted by Crippen LogP contribution is 2.10. The standard InChI is InChI=1S/C15H22N2O5/c1-4-12-10(5-6-22-12)14(19)16-8-13(18)17-11(15(20)21)7-9(2)3/h5-6,9,11H,4,7-8H2,1-3H3,(H,16,19)(H,17,18)(H,20,21)/t11-/m0/s1. The molecule has 0 aliphatic rings. The molecule has 2 amide bonds. The summed E-state index contributed by atoms with van der Waals surface area (Å²) >= 11 is 0. The molecule has 122 valence electrons. The van der Waals surface area contributed by atoms with Crippen molar-refractivity contribution in [1.29, 1.82) is 0 Å². The second-order valence-corrected chi connectivity index (χ2v) is 5.38. The lowest BCUT2D eigenvalue weighted by atomic mass is 10.0. The first kappa shape index (κ1) is 17.7. The Morgan fingerprint density at radius 2 is 2.00 bits per heavy atom. The molecule has 1 aromatic rings. The quantitative estimate of drug-likeness (QED) is 0.668. The van der Waals surface area contributed by atoms with Crippen LogP contribution in [0.1, 0.15) is 43.3 Å². The minimum atomic E-state index is -1.09. The van der Waals surface area contributed by atoms with Crippen LogP contribution in [-0.4, -0.2) is 35.5 Å². The van der Waals surface area contributed by atoms with Gasteiger partial charge in [-0.05, 0) is 18.4 Å². The van der Waals surface area contributed by atoms with E-state index in [0.717, 1.165) is 0 Å². The number of carbonyl (C=O) groups is 3. The summed E-state index contributed by atoms with van der Waals surface area (Å²) in [5.74, 6) is -1.37. The van der Waals surface area contributed by atoms with Crippen molar-refractivity contribution in [2.45, 2.75) is 39.7 Å². The minimum absolute atomic E-state index is 0.133. The van der Waals surface area contributed by atoms with E-state index >= 15 is 0 Å². The van der Waals surface area contributed by atoms with Crippen LogP contribution in [-0.2, 0) is 16.0 Å². The van der Waals surface area contributed by atoms with Crippen molar-refractivity contribution in [2.75, 3.05) is 6.54 Å². The van der Waals surface area contributed by atoms with E-state index < -0.39 is 23.8 Å². The van der Waals surface area contributed by atoms with E-state index in [1.54, 1.807) is 0 Å². The van der Waals surface area contributed by atoms with Crippen LogP contribution in [0, 0.1) is 5.92 Å². The second kappa shape index (κ2) is 8.21. The molecule has 7 heteroatoms. The SMILES string of the molecule is CCc1occc1C(=O)NCC(=O)N[C@@H](CC(C)C)C(=O)O. The van der Waals surface area contributed by atoms with Crippen LogP contribution >= 0.6 is 0 Å². The van der Waals surface area contributed by atoms with Crippen molar-refractivity contribution in [3.8, 4) is 0 Å². The Bertz CT molecular complexity index is 536. The molecule has 1 rings (SSSR count). The monoisotopic (exact) mass is 310 g/mol. The van der Waals surface area contributed by atoms with Crippen molar-refractivity contribution in [3.63, 3.8) is 0 Å². The highest BCUT2D eigenvalue weighted by Gasteiger charge is 2.21. The van der Waals surface area contributed by atoms with E-state index in [9.17, 15) is 14.4 Å². The van der Waals surface area contributed by atoms with Gasteiger partial charge in [0.2, 0.25) is 5.91 Å². The summed E-state index contributed by atoms with van der Waals surface area (Å²) in [4.78, 5) is 34.7. The van der Waals surface area contributed by atoms with Crippen LogP contribution < -0.4 is 10.6 Å². The smallest absolute Gasteiger partial charge is 0.326 e. The second-order valence-electron chi connectivity index (χ2n) is 5.38. The normalized spacial score (nSPS) is 12.0. The van der Waals surface area contributed by atoms with Crippen LogP contribution in [0.25, 0.3) is 0 Å². The Morgan fingerprint density at radius 1 is 1.32 bits per heavy atom. The highest BCUT2D eigenvalue weighted by molar-refractivity contribution is 5.97. The zero-order valence-electron chi connectivity index (χ0n) is 13.0. The van der Waals surface area contributed by atoms with Crippen LogP contribution in [0.4, 0.5) is 0 Å². The van der Waals surface area contributed by atoms with Gasteiger partial charge in [0.05, 0.1) is 18.4 Å². The molecular weight excluding hydrogens is 288 g/mol.